The fourth-order valence-corrected chi connectivity index (χ4v) is 2.84. The molecule has 1 fully saturated rings. The van der Waals surface area contributed by atoms with E-state index < -0.39 is 0 Å². The molecule has 1 heterocycles. The van der Waals surface area contributed by atoms with Crippen LogP contribution in [0.1, 0.15) is 24.8 Å². The summed E-state index contributed by atoms with van der Waals surface area (Å²) < 4.78 is 5.20. The summed E-state index contributed by atoms with van der Waals surface area (Å²) in [5, 5.41) is 3.44. The molecule has 1 spiro atoms. The number of methoxy groups -OCH3 is 1. The van der Waals surface area contributed by atoms with Crippen molar-refractivity contribution in [2.75, 3.05) is 12.4 Å². The van der Waals surface area contributed by atoms with E-state index in [9.17, 15) is 4.79 Å². The fraction of sp³-hybridized carbons (Fsp3) is 0.417. The Morgan fingerprint density at radius 2 is 2.19 bits per heavy atom. The van der Waals surface area contributed by atoms with E-state index in [1.54, 1.807) is 13.2 Å². The molecule has 1 saturated carbocycles. The first-order valence-corrected chi connectivity index (χ1v) is 5.75. The highest BCUT2D eigenvalue weighted by Gasteiger charge is 2.51. The fourth-order valence-electron chi connectivity index (χ4n) is 2.60. The van der Waals surface area contributed by atoms with Crippen LogP contribution in [0.2, 0.25) is 5.02 Å². The van der Waals surface area contributed by atoms with Gasteiger partial charge in [0.15, 0.2) is 0 Å². The van der Waals surface area contributed by atoms with Crippen molar-refractivity contribution in [1.82, 2.24) is 0 Å². The van der Waals surface area contributed by atoms with Gasteiger partial charge in [0.25, 0.3) is 0 Å². The molecule has 0 atom stereocenters. The van der Waals surface area contributed by atoms with Gasteiger partial charge in [0.1, 0.15) is 5.75 Å². The predicted octanol–water partition coefficient (Wildman–Crippen LogP) is 2.72. The minimum atomic E-state index is -0.298. The van der Waals surface area contributed by atoms with Crippen LogP contribution in [-0.2, 0) is 10.2 Å². The lowest BCUT2D eigenvalue weighted by molar-refractivity contribution is -0.123. The van der Waals surface area contributed by atoms with Crippen molar-refractivity contribution in [2.24, 2.45) is 0 Å². The third kappa shape index (κ3) is 1.07. The van der Waals surface area contributed by atoms with Crippen molar-refractivity contribution in [3.63, 3.8) is 0 Å². The first-order chi connectivity index (χ1) is 7.67. The number of fused-ring (bicyclic) bond motifs is 2. The molecular formula is C12H12ClNO2. The Kier molecular flexibility index (Phi) is 1.96. The number of carbonyl (C=O) groups is 1. The first-order valence-electron chi connectivity index (χ1n) is 5.37. The van der Waals surface area contributed by atoms with E-state index in [2.05, 4.69) is 5.32 Å². The van der Waals surface area contributed by atoms with Gasteiger partial charge in [0.05, 0.1) is 17.5 Å². The van der Waals surface area contributed by atoms with E-state index in [1.807, 2.05) is 6.07 Å². The molecule has 3 nitrogen and oxygen atoms in total. The second kappa shape index (κ2) is 3.14. The summed E-state index contributed by atoms with van der Waals surface area (Å²) in [5.41, 5.74) is 1.59. The topological polar surface area (TPSA) is 38.3 Å². The van der Waals surface area contributed by atoms with Crippen molar-refractivity contribution in [3.8, 4) is 5.75 Å². The number of hydrogen-bond acceptors (Lipinski definition) is 2. The van der Waals surface area contributed by atoms with Gasteiger partial charge in [-0.2, -0.15) is 0 Å². The quantitative estimate of drug-likeness (QED) is 0.816. The average molecular weight is 238 g/mol. The Morgan fingerprint density at radius 3 is 2.75 bits per heavy atom. The lowest BCUT2D eigenvalue weighted by Gasteiger charge is -2.36. The summed E-state index contributed by atoms with van der Waals surface area (Å²) >= 11 is 6.03. The SMILES string of the molecule is COc1cc2c(cc1Cl)NC(=O)C21CCC1. The van der Waals surface area contributed by atoms with Crippen LogP contribution in [0.5, 0.6) is 5.75 Å². The Morgan fingerprint density at radius 1 is 1.44 bits per heavy atom. The maximum atomic E-state index is 12.0. The highest BCUT2D eigenvalue weighted by atomic mass is 35.5. The lowest BCUT2D eigenvalue weighted by atomic mass is 9.65. The van der Waals surface area contributed by atoms with Gasteiger partial charge in [-0.05, 0) is 30.5 Å². The minimum absolute atomic E-state index is 0.109. The first kappa shape index (κ1) is 9.97. The third-order valence-electron chi connectivity index (χ3n) is 3.70. The van der Waals surface area contributed by atoms with Gasteiger partial charge in [0.2, 0.25) is 5.91 Å². The molecule has 1 aliphatic carbocycles. The zero-order valence-electron chi connectivity index (χ0n) is 8.97. The van der Waals surface area contributed by atoms with Gasteiger partial charge in [-0.25, -0.2) is 0 Å². The molecule has 0 aromatic heterocycles. The molecule has 1 amide bonds. The molecule has 1 aliphatic heterocycles. The van der Waals surface area contributed by atoms with E-state index in [-0.39, 0.29) is 11.3 Å². The summed E-state index contributed by atoms with van der Waals surface area (Å²) in [4.78, 5) is 12.0. The molecular weight excluding hydrogens is 226 g/mol. The smallest absolute Gasteiger partial charge is 0.235 e. The van der Waals surface area contributed by atoms with Crippen LogP contribution in [0, 0.1) is 0 Å². The van der Waals surface area contributed by atoms with Crippen LogP contribution >= 0.6 is 11.6 Å². The van der Waals surface area contributed by atoms with E-state index in [0.717, 1.165) is 30.5 Å². The largest absolute Gasteiger partial charge is 0.495 e. The number of ether oxygens (including phenoxy) is 1. The van der Waals surface area contributed by atoms with Crippen LogP contribution in [0.25, 0.3) is 0 Å². The second-order valence-corrected chi connectivity index (χ2v) is 4.83. The van der Waals surface area contributed by atoms with Gasteiger partial charge in [-0.15, -0.1) is 0 Å². The van der Waals surface area contributed by atoms with Crippen molar-refractivity contribution in [1.29, 1.82) is 0 Å². The van der Waals surface area contributed by atoms with E-state index >= 15 is 0 Å². The summed E-state index contributed by atoms with van der Waals surface area (Å²) in [6, 6.07) is 3.68. The van der Waals surface area contributed by atoms with E-state index in [1.165, 1.54) is 0 Å². The normalized spacial score (nSPS) is 20.2. The summed E-state index contributed by atoms with van der Waals surface area (Å²) in [6.07, 6.45) is 2.96. The number of anilines is 1. The second-order valence-electron chi connectivity index (χ2n) is 4.42. The number of rotatable bonds is 1. The standard InChI is InChI=1S/C12H12ClNO2/c1-16-10-5-7-9(6-8(10)13)14-11(15)12(7)3-2-4-12/h5-6H,2-4H2,1H3,(H,14,15). The number of benzene rings is 1. The molecule has 0 saturated heterocycles. The Bertz CT molecular complexity index is 480. The number of halogens is 1. The number of carbonyl (C=O) groups excluding carboxylic acids is 1. The molecule has 0 radical (unpaired) electrons. The summed E-state index contributed by atoms with van der Waals surface area (Å²) in [7, 11) is 1.59. The van der Waals surface area contributed by atoms with E-state index in [0.29, 0.717) is 10.8 Å². The molecule has 1 aromatic carbocycles. The molecule has 16 heavy (non-hydrogen) atoms. The molecule has 0 unspecified atom stereocenters. The maximum absolute atomic E-state index is 12.0. The highest BCUT2D eigenvalue weighted by molar-refractivity contribution is 6.32. The van der Waals surface area contributed by atoms with Gasteiger partial charge >= 0.3 is 0 Å². The van der Waals surface area contributed by atoms with Crippen molar-refractivity contribution >= 4 is 23.2 Å². The van der Waals surface area contributed by atoms with Crippen molar-refractivity contribution in [2.45, 2.75) is 24.7 Å². The summed E-state index contributed by atoms with van der Waals surface area (Å²) in [5.74, 6) is 0.751. The monoisotopic (exact) mass is 237 g/mol. The van der Waals surface area contributed by atoms with Crippen LogP contribution in [0.4, 0.5) is 5.69 Å². The number of hydrogen-bond donors (Lipinski definition) is 1. The maximum Gasteiger partial charge on any atom is 0.235 e. The Hall–Kier alpha value is -1.22. The van der Waals surface area contributed by atoms with Crippen molar-refractivity contribution < 1.29 is 9.53 Å². The zero-order chi connectivity index (χ0) is 11.3. The Balaban J connectivity index is 2.17. The van der Waals surface area contributed by atoms with Crippen LogP contribution in [0.3, 0.4) is 0 Å². The predicted molar refractivity (Wildman–Crippen MR) is 62.2 cm³/mol. The van der Waals surface area contributed by atoms with Crippen LogP contribution < -0.4 is 10.1 Å². The molecule has 0 bridgehead atoms. The number of amides is 1. The lowest BCUT2D eigenvalue weighted by Crippen LogP contribution is -2.40. The van der Waals surface area contributed by atoms with E-state index in [4.69, 9.17) is 16.3 Å². The highest BCUT2D eigenvalue weighted by Crippen LogP contribution is 2.52. The van der Waals surface area contributed by atoms with Gasteiger partial charge in [0, 0.05) is 5.69 Å². The van der Waals surface area contributed by atoms with Crippen LogP contribution in [-0.4, -0.2) is 13.0 Å². The molecule has 2 aliphatic rings. The average Bonchev–Trinajstić information content (AvgIpc) is 2.47. The molecule has 1 N–H and O–H groups in total. The molecule has 84 valence electrons. The van der Waals surface area contributed by atoms with Crippen LogP contribution in [0.15, 0.2) is 12.1 Å². The molecule has 4 heteroatoms. The molecule has 1 aromatic rings. The van der Waals surface area contributed by atoms with Gasteiger partial charge in [-0.3, -0.25) is 4.79 Å². The Labute approximate surface area is 98.7 Å². The van der Waals surface area contributed by atoms with Crippen molar-refractivity contribution in [3.05, 3.63) is 22.7 Å². The van der Waals surface area contributed by atoms with Gasteiger partial charge in [-0.1, -0.05) is 18.0 Å². The minimum Gasteiger partial charge on any atom is -0.495 e. The molecule has 3 rings (SSSR count). The number of nitrogens with one attached hydrogen (secondary N) is 1. The third-order valence-corrected chi connectivity index (χ3v) is 3.99. The van der Waals surface area contributed by atoms with Gasteiger partial charge < -0.3 is 10.1 Å². The zero-order valence-corrected chi connectivity index (χ0v) is 9.73. The summed E-state index contributed by atoms with van der Waals surface area (Å²) in [6.45, 7) is 0.